The van der Waals surface area contributed by atoms with Gasteiger partial charge in [-0.15, -0.1) is 10.2 Å². The second-order valence-electron chi connectivity index (χ2n) is 5.32. The molecule has 2 aliphatic heterocycles. The lowest BCUT2D eigenvalue weighted by atomic mass is 10.1. The number of fused-ring (bicyclic) bond motifs is 2. The topological polar surface area (TPSA) is 107 Å². The third-order valence-corrected chi connectivity index (χ3v) is 4.48. The number of nitrogens with zero attached hydrogens (tertiary/aromatic N) is 4. The van der Waals surface area contributed by atoms with Crippen LogP contribution in [0.25, 0.3) is 0 Å². The van der Waals surface area contributed by atoms with Gasteiger partial charge in [0.05, 0.1) is 17.4 Å². The number of carbonyl (C=O) groups is 1. The molecule has 3 N–H and O–H groups in total. The SMILES string of the molecule is CC(N)c1nnc2n1N=C(c1ccc3c(c1)NC(=O)CO3)CS2. The van der Waals surface area contributed by atoms with Crippen LogP contribution < -0.4 is 15.8 Å². The van der Waals surface area contributed by atoms with Crippen LogP contribution >= 0.6 is 11.8 Å². The summed E-state index contributed by atoms with van der Waals surface area (Å²) in [6.45, 7) is 1.89. The van der Waals surface area contributed by atoms with Crippen LogP contribution in [0.2, 0.25) is 0 Å². The van der Waals surface area contributed by atoms with Gasteiger partial charge in [-0.25, -0.2) is 0 Å². The summed E-state index contributed by atoms with van der Waals surface area (Å²) < 4.78 is 7.06. The number of amides is 1. The standard InChI is InChI=1S/C14H14N6O2S/c1-7(15)13-17-18-14-20(13)19-10(6-23-14)8-2-3-11-9(4-8)16-12(21)5-22-11/h2-4,7H,5-6,15H2,1H3,(H,16,21). The lowest BCUT2D eigenvalue weighted by Crippen LogP contribution is -2.25. The normalized spacial score (nSPS) is 17.5. The van der Waals surface area contributed by atoms with E-state index in [2.05, 4.69) is 20.6 Å². The number of thioether (sulfide) groups is 1. The number of rotatable bonds is 2. The maximum atomic E-state index is 11.5. The number of nitrogens with one attached hydrogen (secondary N) is 1. The largest absolute Gasteiger partial charge is 0.482 e. The zero-order chi connectivity index (χ0) is 16.0. The molecule has 1 atom stereocenters. The minimum Gasteiger partial charge on any atom is -0.482 e. The molecule has 1 amide bonds. The van der Waals surface area contributed by atoms with Crippen molar-refractivity contribution in [2.45, 2.75) is 18.1 Å². The van der Waals surface area contributed by atoms with Crippen molar-refractivity contribution in [2.24, 2.45) is 10.8 Å². The maximum Gasteiger partial charge on any atom is 0.262 e. The molecular weight excluding hydrogens is 316 g/mol. The third-order valence-electron chi connectivity index (χ3n) is 3.55. The van der Waals surface area contributed by atoms with Gasteiger partial charge < -0.3 is 15.8 Å². The molecule has 0 bridgehead atoms. The lowest BCUT2D eigenvalue weighted by Gasteiger charge is -2.20. The van der Waals surface area contributed by atoms with E-state index in [4.69, 9.17) is 10.5 Å². The van der Waals surface area contributed by atoms with Gasteiger partial charge in [0.25, 0.3) is 5.91 Å². The Kier molecular flexibility index (Phi) is 3.31. The summed E-state index contributed by atoms with van der Waals surface area (Å²) in [6, 6.07) is 5.38. The molecule has 1 unspecified atom stereocenters. The number of benzene rings is 1. The monoisotopic (exact) mass is 330 g/mol. The Hall–Kier alpha value is -2.39. The van der Waals surface area contributed by atoms with E-state index < -0.39 is 0 Å². The molecule has 3 heterocycles. The van der Waals surface area contributed by atoms with Crippen molar-refractivity contribution in [1.82, 2.24) is 14.9 Å². The van der Waals surface area contributed by atoms with Crippen molar-refractivity contribution in [1.29, 1.82) is 0 Å². The first-order valence-electron chi connectivity index (χ1n) is 7.10. The van der Waals surface area contributed by atoms with Gasteiger partial charge in [0, 0.05) is 11.3 Å². The van der Waals surface area contributed by atoms with Crippen molar-refractivity contribution in [3.8, 4) is 5.75 Å². The van der Waals surface area contributed by atoms with E-state index in [0.717, 1.165) is 16.4 Å². The highest BCUT2D eigenvalue weighted by Crippen LogP contribution is 2.31. The fourth-order valence-electron chi connectivity index (χ4n) is 2.43. The van der Waals surface area contributed by atoms with Gasteiger partial charge in [0.15, 0.2) is 12.4 Å². The van der Waals surface area contributed by atoms with Crippen molar-refractivity contribution in [3.05, 3.63) is 29.6 Å². The van der Waals surface area contributed by atoms with Crippen LogP contribution in [0.15, 0.2) is 28.5 Å². The molecule has 23 heavy (non-hydrogen) atoms. The minimum absolute atomic E-state index is 0.0466. The van der Waals surface area contributed by atoms with Crippen LogP contribution in [0.3, 0.4) is 0 Å². The molecule has 8 nitrogen and oxygen atoms in total. The van der Waals surface area contributed by atoms with E-state index in [1.54, 1.807) is 16.4 Å². The van der Waals surface area contributed by atoms with Gasteiger partial charge in [-0.2, -0.15) is 9.78 Å². The average molecular weight is 330 g/mol. The Morgan fingerprint density at radius 3 is 3.13 bits per heavy atom. The number of aromatic nitrogens is 3. The van der Waals surface area contributed by atoms with Crippen LogP contribution in [0.5, 0.6) is 5.75 Å². The van der Waals surface area contributed by atoms with E-state index in [0.29, 0.717) is 23.0 Å². The van der Waals surface area contributed by atoms with Crippen molar-refractivity contribution < 1.29 is 9.53 Å². The van der Waals surface area contributed by atoms with Gasteiger partial charge in [0.1, 0.15) is 5.75 Å². The van der Waals surface area contributed by atoms with Gasteiger partial charge in [-0.3, -0.25) is 4.79 Å². The summed E-state index contributed by atoms with van der Waals surface area (Å²) in [4.78, 5) is 11.5. The highest BCUT2D eigenvalue weighted by Gasteiger charge is 2.23. The Morgan fingerprint density at radius 2 is 2.30 bits per heavy atom. The van der Waals surface area contributed by atoms with Crippen molar-refractivity contribution in [2.75, 3.05) is 17.7 Å². The molecule has 0 saturated carbocycles. The molecule has 0 radical (unpaired) electrons. The molecule has 0 aliphatic carbocycles. The third kappa shape index (κ3) is 2.47. The average Bonchev–Trinajstić information content (AvgIpc) is 2.97. The quantitative estimate of drug-likeness (QED) is 0.850. The molecule has 0 spiro atoms. The first-order chi connectivity index (χ1) is 11.1. The highest BCUT2D eigenvalue weighted by atomic mass is 32.2. The molecule has 2 aromatic rings. The summed E-state index contributed by atoms with van der Waals surface area (Å²) in [5, 5.41) is 16.3. The second kappa shape index (κ2) is 5.36. The van der Waals surface area contributed by atoms with Crippen molar-refractivity contribution in [3.63, 3.8) is 0 Å². The number of anilines is 1. The predicted molar refractivity (Wildman–Crippen MR) is 85.9 cm³/mol. The number of nitrogens with two attached hydrogens (primary N) is 1. The number of ether oxygens (including phenoxy) is 1. The van der Waals surface area contributed by atoms with E-state index in [1.165, 1.54) is 0 Å². The molecular formula is C14H14N6O2S. The fourth-order valence-corrected chi connectivity index (χ4v) is 3.28. The molecule has 1 aromatic carbocycles. The second-order valence-corrected chi connectivity index (χ2v) is 6.27. The first-order valence-corrected chi connectivity index (χ1v) is 8.09. The smallest absolute Gasteiger partial charge is 0.262 e. The number of carbonyl (C=O) groups excluding carboxylic acids is 1. The first kappa shape index (κ1) is 14.2. The Morgan fingerprint density at radius 1 is 1.43 bits per heavy atom. The fraction of sp³-hybridized carbons (Fsp3) is 0.286. The van der Waals surface area contributed by atoms with E-state index in [1.807, 2.05) is 25.1 Å². The predicted octanol–water partition coefficient (Wildman–Crippen LogP) is 0.987. The Bertz CT molecular complexity index is 829. The molecule has 118 valence electrons. The van der Waals surface area contributed by atoms with Crippen LogP contribution in [-0.4, -0.2) is 38.9 Å². The zero-order valence-electron chi connectivity index (χ0n) is 12.3. The van der Waals surface area contributed by atoms with Crippen LogP contribution in [0.1, 0.15) is 24.4 Å². The maximum absolute atomic E-state index is 11.5. The lowest BCUT2D eigenvalue weighted by molar-refractivity contribution is -0.118. The summed E-state index contributed by atoms with van der Waals surface area (Å²) in [5.41, 5.74) is 8.35. The molecule has 2 aliphatic rings. The van der Waals surface area contributed by atoms with E-state index in [9.17, 15) is 4.79 Å². The molecule has 1 aromatic heterocycles. The Balaban J connectivity index is 1.74. The van der Waals surface area contributed by atoms with Gasteiger partial charge in [-0.05, 0) is 25.1 Å². The highest BCUT2D eigenvalue weighted by molar-refractivity contribution is 7.99. The minimum atomic E-state index is -0.254. The Labute approximate surface area is 136 Å². The van der Waals surface area contributed by atoms with Gasteiger partial charge in [0.2, 0.25) is 5.16 Å². The van der Waals surface area contributed by atoms with Crippen LogP contribution in [0, 0.1) is 0 Å². The van der Waals surface area contributed by atoms with Gasteiger partial charge in [-0.1, -0.05) is 11.8 Å². The van der Waals surface area contributed by atoms with Crippen LogP contribution in [0.4, 0.5) is 5.69 Å². The summed E-state index contributed by atoms with van der Waals surface area (Å²) in [6.07, 6.45) is 0. The zero-order valence-corrected chi connectivity index (χ0v) is 13.1. The summed E-state index contributed by atoms with van der Waals surface area (Å²) >= 11 is 1.55. The van der Waals surface area contributed by atoms with Gasteiger partial charge >= 0.3 is 0 Å². The van der Waals surface area contributed by atoms with E-state index in [-0.39, 0.29) is 18.6 Å². The summed E-state index contributed by atoms with van der Waals surface area (Å²) in [5.74, 6) is 1.80. The van der Waals surface area contributed by atoms with E-state index >= 15 is 0 Å². The molecule has 0 saturated heterocycles. The van der Waals surface area contributed by atoms with Crippen molar-refractivity contribution >= 4 is 29.1 Å². The summed E-state index contributed by atoms with van der Waals surface area (Å²) in [7, 11) is 0. The molecule has 4 rings (SSSR count). The number of hydrogen-bond acceptors (Lipinski definition) is 7. The number of hydrogen-bond donors (Lipinski definition) is 2. The molecule has 9 heteroatoms. The molecule has 0 fully saturated rings. The van der Waals surface area contributed by atoms with Crippen LogP contribution in [-0.2, 0) is 4.79 Å².